The van der Waals surface area contributed by atoms with Crippen LogP contribution in [0.5, 0.6) is 11.5 Å². The van der Waals surface area contributed by atoms with E-state index in [1.165, 1.54) is 11.1 Å². The van der Waals surface area contributed by atoms with Gasteiger partial charge in [-0.05, 0) is 39.0 Å². The largest absolute Gasteiger partial charge is 0.454 e. The first-order valence-corrected chi connectivity index (χ1v) is 8.00. The van der Waals surface area contributed by atoms with Crippen molar-refractivity contribution < 1.29 is 9.47 Å². The van der Waals surface area contributed by atoms with Gasteiger partial charge in [-0.2, -0.15) is 0 Å². The minimum Gasteiger partial charge on any atom is -0.454 e. The third-order valence-electron chi connectivity index (χ3n) is 3.91. The van der Waals surface area contributed by atoms with Crippen molar-refractivity contribution in [3.8, 4) is 11.5 Å². The molecule has 110 valence electrons. The molecule has 1 saturated heterocycles. The Morgan fingerprint density at radius 2 is 2.05 bits per heavy atom. The minimum atomic E-state index is 0.322. The highest BCUT2D eigenvalue weighted by Crippen LogP contribution is 2.45. The van der Waals surface area contributed by atoms with Gasteiger partial charge in [0.2, 0.25) is 6.79 Å². The van der Waals surface area contributed by atoms with Crippen molar-refractivity contribution in [2.45, 2.75) is 26.3 Å². The predicted molar refractivity (Wildman–Crippen MR) is 82.5 cm³/mol. The number of hydrogen-bond acceptors (Lipinski definition) is 4. The summed E-state index contributed by atoms with van der Waals surface area (Å²) >= 11 is 3.71. The summed E-state index contributed by atoms with van der Waals surface area (Å²) in [6.45, 7) is 10.1. The number of ether oxygens (including phenoxy) is 2. The molecule has 0 saturated carbocycles. The molecule has 0 radical (unpaired) electrons. The summed E-state index contributed by atoms with van der Waals surface area (Å²) in [5, 5.41) is 3.40. The Labute approximate surface area is 128 Å². The maximum atomic E-state index is 5.57. The van der Waals surface area contributed by atoms with E-state index < -0.39 is 0 Å². The monoisotopic (exact) mass is 340 g/mol. The average Bonchev–Trinajstić information content (AvgIpc) is 2.88. The lowest BCUT2D eigenvalue weighted by Gasteiger charge is -2.29. The lowest BCUT2D eigenvalue weighted by atomic mass is 9.96. The van der Waals surface area contributed by atoms with Crippen molar-refractivity contribution in [3.05, 3.63) is 21.7 Å². The van der Waals surface area contributed by atoms with Crippen LogP contribution in [0.1, 0.15) is 30.9 Å². The molecule has 3 rings (SSSR count). The van der Waals surface area contributed by atoms with Crippen LogP contribution >= 0.6 is 15.9 Å². The van der Waals surface area contributed by atoms with E-state index in [2.05, 4.69) is 46.1 Å². The number of nitrogens with zero attached hydrogens (tertiary/aromatic N) is 1. The van der Waals surface area contributed by atoms with Crippen LogP contribution in [0.15, 0.2) is 10.5 Å². The summed E-state index contributed by atoms with van der Waals surface area (Å²) in [7, 11) is 0. The van der Waals surface area contributed by atoms with Crippen molar-refractivity contribution in [2.24, 2.45) is 0 Å². The van der Waals surface area contributed by atoms with Crippen LogP contribution < -0.4 is 14.8 Å². The highest BCUT2D eigenvalue weighted by molar-refractivity contribution is 9.10. The molecule has 0 spiro atoms. The van der Waals surface area contributed by atoms with Crippen molar-refractivity contribution in [1.29, 1.82) is 0 Å². The van der Waals surface area contributed by atoms with Crippen LogP contribution in [0.25, 0.3) is 0 Å². The van der Waals surface area contributed by atoms with E-state index >= 15 is 0 Å². The van der Waals surface area contributed by atoms with E-state index in [0.29, 0.717) is 12.7 Å². The predicted octanol–water partition coefficient (Wildman–Crippen LogP) is 2.71. The van der Waals surface area contributed by atoms with Crippen molar-refractivity contribution in [2.75, 3.05) is 33.0 Å². The van der Waals surface area contributed by atoms with Gasteiger partial charge in [0, 0.05) is 32.7 Å². The van der Waals surface area contributed by atoms with Crippen LogP contribution in [-0.4, -0.2) is 37.9 Å². The molecule has 2 aliphatic heterocycles. The molecule has 0 aliphatic carbocycles. The molecule has 5 heteroatoms. The fourth-order valence-electron chi connectivity index (χ4n) is 2.93. The standard InChI is InChI=1S/C15H21BrN2O2/c1-10(2)13-11(8-18-5-3-17-4-6-18)7-12-15(14(13)16)20-9-19-12/h7,10,17H,3-6,8-9H2,1-2H3. The molecule has 4 nitrogen and oxygen atoms in total. The molecule has 0 bridgehead atoms. The fourth-order valence-corrected chi connectivity index (χ4v) is 3.95. The summed E-state index contributed by atoms with van der Waals surface area (Å²) in [5.74, 6) is 2.18. The van der Waals surface area contributed by atoms with Crippen molar-refractivity contribution >= 4 is 15.9 Å². The summed E-state index contributed by atoms with van der Waals surface area (Å²) in [6, 6.07) is 2.16. The van der Waals surface area contributed by atoms with Crippen LogP contribution in [-0.2, 0) is 6.54 Å². The Morgan fingerprint density at radius 1 is 1.30 bits per heavy atom. The van der Waals surface area contributed by atoms with Gasteiger partial charge >= 0.3 is 0 Å². The van der Waals surface area contributed by atoms with Crippen LogP contribution in [0.2, 0.25) is 0 Å². The molecule has 0 amide bonds. The third kappa shape index (κ3) is 2.67. The van der Waals surface area contributed by atoms with Gasteiger partial charge in [-0.25, -0.2) is 0 Å². The maximum absolute atomic E-state index is 5.57. The maximum Gasteiger partial charge on any atom is 0.231 e. The van der Waals surface area contributed by atoms with Gasteiger partial charge in [0.15, 0.2) is 11.5 Å². The van der Waals surface area contributed by atoms with E-state index in [4.69, 9.17) is 9.47 Å². The van der Waals surface area contributed by atoms with Gasteiger partial charge in [0.05, 0.1) is 4.47 Å². The van der Waals surface area contributed by atoms with Gasteiger partial charge in [0.1, 0.15) is 0 Å². The zero-order valence-electron chi connectivity index (χ0n) is 12.0. The van der Waals surface area contributed by atoms with Crippen molar-refractivity contribution in [1.82, 2.24) is 10.2 Å². The summed E-state index contributed by atoms with van der Waals surface area (Å²) in [4.78, 5) is 2.49. The molecular weight excluding hydrogens is 320 g/mol. The number of nitrogens with one attached hydrogen (secondary N) is 1. The number of piperazine rings is 1. The number of rotatable bonds is 3. The van der Waals surface area contributed by atoms with Gasteiger partial charge in [0.25, 0.3) is 0 Å². The Bertz CT molecular complexity index is 499. The Morgan fingerprint density at radius 3 is 2.75 bits per heavy atom. The smallest absolute Gasteiger partial charge is 0.231 e. The molecule has 1 aromatic rings. The first-order chi connectivity index (χ1) is 9.66. The zero-order valence-corrected chi connectivity index (χ0v) is 13.6. The van der Waals surface area contributed by atoms with Gasteiger partial charge < -0.3 is 14.8 Å². The van der Waals surface area contributed by atoms with E-state index in [1.54, 1.807) is 0 Å². The molecule has 0 atom stereocenters. The van der Waals surface area contributed by atoms with E-state index in [1.807, 2.05) is 0 Å². The average molecular weight is 341 g/mol. The molecule has 0 aromatic heterocycles. The van der Waals surface area contributed by atoms with E-state index in [-0.39, 0.29) is 0 Å². The number of fused-ring (bicyclic) bond motifs is 1. The summed E-state index contributed by atoms with van der Waals surface area (Å²) in [6.07, 6.45) is 0. The Kier molecular flexibility index (Phi) is 4.19. The van der Waals surface area contributed by atoms with Crippen LogP contribution in [0, 0.1) is 0 Å². The molecule has 2 aliphatic rings. The van der Waals surface area contributed by atoms with E-state index in [9.17, 15) is 0 Å². The van der Waals surface area contributed by atoms with Gasteiger partial charge in [-0.15, -0.1) is 0 Å². The van der Waals surface area contributed by atoms with Gasteiger partial charge in [-0.1, -0.05) is 13.8 Å². The number of benzene rings is 1. The molecule has 1 N–H and O–H groups in total. The lowest BCUT2D eigenvalue weighted by Crippen LogP contribution is -2.43. The highest BCUT2D eigenvalue weighted by Gasteiger charge is 2.25. The molecule has 1 fully saturated rings. The second-order valence-corrected chi connectivity index (χ2v) is 6.47. The molecule has 20 heavy (non-hydrogen) atoms. The highest BCUT2D eigenvalue weighted by atomic mass is 79.9. The Balaban J connectivity index is 1.94. The summed E-state index contributed by atoms with van der Waals surface area (Å²) in [5.41, 5.74) is 2.69. The lowest BCUT2D eigenvalue weighted by molar-refractivity contribution is 0.173. The van der Waals surface area contributed by atoms with Crippen LogP contribution in [0.3, 0.4) is 0 Å². The molecule has 1 aromatic carbocycles. The first kappa shape index (κ1) is 14.2. The molecular formula is C15H21BrN2O2. The second kappa shape index (κ2) is 5.92. The topological polar surface area (TPSA) is 33.7 Å². The Hall–Kier alpha value is -0.780. The van der Waals surface area contributed by atoms with Crippen LogP contribution in [0.4, 0.5) is 0 Å². The van der Waals surface area contributed by atoms with Crippen molar-refractivity contribution in [3.63, 3.8) is 0 Å². The normalized spacial score (nSPS) is 18.8. The first-order valence-electron chi connectivity index (χ1n) is 7.20. The van der Waals surface area contributed by atoms with E-state index in [0.717, 1.165) is 48.7 Å². The number of halogens is 1. The number of hydrogen-bond donors (Lipinski definition) is 1. The quantitative estimate of drug-likeness (QED) is 0.917. The zero-order chi connectivity index (χ0) is 14.1. The van der Waals surface area contributed by atoms with Gasteiger partial charge in [-0.3, -0.25) is 4.90 Å². The fraction of sp³-hybridized carbons (Fsp3) is 0.600. The third-order valence-corrected chi connectivity index (χ3v) is 4.70. The second-order valence-electron chi connectivity index (χ2n) is 5.68. The molecule has 0 unspecified atom stereocenters. The SMILES string of the molecule is CC(C)c1c(CN2CCNCC2)cc2c(c1Br)OCO2. The minimum absolute atomic E-state index is 0.322. The summed E-state index contributed by atoms with van der Waals surface area (Å²) < 4.78 is 12.2. The molecule has 2 heterocycles.